The zero-order valence-electron chi connectivity index (χ0n) is 24.5. The van der Waals surface area contributed by atoms with E-state index in [9.17, 15) is 28.3 Å². The third-order valence-corrected chi connectivity index (χ3v) is 8.51. The Bertz CT molecular complexity index is 1800. The minimum Gasteiger partial charge on any atom is -0.485 e. The molecule has 4 aromatic rings. The van der Waals surface area contributed by atoms with Crippen LogP contribution in [0.25, 0.3) is 22.4 Å². The number of likely N-dealkylation sites (tertiary alicyclic amines) is 1. The molecule has 2 aliphatic heterocycles. The number of ether oxygens (including phenoxy) is 1. The molecule has 1 saturated heterocycles. The van der Waals surface area contributed by atoms with Gasteiger partial charge in [-0.1, -0.05) is 11.6 Å². The minimum atomic E-state index is -1.24. The summed E-state index contributed by atoms with van der Waals surface area (Å²) in [4.78, 5) is 53.5. The number of nitrogens with zero attached hydrogens (tertiary/aromatic N) is 3. The molecule has 0 spiro atoms. The Morgan fingerprint density at radius 3 is 2.59 bits per heavy atom. The van der Waals surface area contributed by atoms with Gasteiger partial charge in [0.25, 0.3) is 17.4 Å². The number of carbonyl (C=O) groups is 2. The van der Waals surface area contributed by atoms with Crippen molar-refractivity contribution in [1.82, 2.24) is 24.8 Å². The molecule has 0 aliphatic carbocycles. The summed E-state index contributed by atoms with van der Waals surface area (Å²) in [5, 5.41) is 22.1. The lowest BCUT2D eigenvalue weighted by atomic mass is 10.0. The number of pyridine rings is 1. The molecule has 1 atom stereocenters. The molecular formula is C31H31ClF2N6O6. The second-order valence-corrected chi connectivity index (χ2v) is 11.7. The van der Waals surface area contributed by atoms with Crippen molar-refractivity contribution in [2.24, 2.45) is 0 Å². The van der Waals surface area contributed by atoms with Crippen LogP contribution in [0, 0.1) is 11.6 Å². The smallest absolute Gasteiger partial charge is 0.261 e. The number of hydrogen-bond acceptors (Lipinski definition) is 9. The molecule has 0 radical (unpaired) electrons. The van der Waals surface area contributed by atoms with Gasteiger partial charge in [-0.2, -0.15) is 0 Å². The lowest BCUT2D eigenvalue weighted by molar-refractivity contribution is 0.0499. The van der Waals surface area contributed by atoms with Crippen molar-refractivity contribution >= 4 is 40.1 Å². The first kappa shape index (κ1) is 31.6. The van der Waals surface area contributed by atoms with Gasteiger partial charge in [0.2, 0.25) is 0 Å². The summed E-state index contributed by atoms with van der Waals surface area (Å²) in [6, 6.07) is 6.44. The summed E-state index contributed by atoms with van der Waals surface area (Å²) in [6.45, 7) is 1.72. The molecule has 5 N–H and O–H groups in total. The topological polar surface area (TPSA) is 164 Å². The van der Waals surface area contributed by atoms with Crippen molar-refractivity contribution in [3.8, 4) is 17.1 Å². The number of hydrogen-bond donors (Lipinski definition) is 5. The normalized spacial score (nSPS) is 16.3. The fourth-order valence-electron chi connectivity index (χ4n) is 5.88. The fraction of sp³-hybridized carbons (Fsp3) is 0.355. The van der Waals surface area contributed by atoms with Gasteiger partial charge in [0.15, 0.2) is 17.4 Å². The largest absolute Gasteiger partial charge is 0.485 e. The molecule has 1 fully saturated rings. The van der Waals surface area contributed by atoms with Gasteiger partial charge in [-0.05, 0) is 49.6 Å². The van der Waals surface area contributed by atoms with E-state index in [0.29, 0.717) is 30.3 Å². The summed E-state index contributed by atoms with van der Waals surface area (Å²) in [7, 11) is 0. The molecule has 12 nitrogen and oxygen atoms in total. The Morgan fingerprint density at radius 2 is 1.85 bits per heavy atom. The van der Waals surface area contributed by atoms with E-state index < -0.39 is 35.7 Å². The third-order valence-electron chi connectivity index (χ3n) is 8.22. The summed E-state index contributed by atoms with van der Waals surface area (Å²) < 4.78 is 33.2. The van der Waals surface area contributed by atoms with Gasteiger partial charge in [0, 0.05) is 45.0 Å². The quantitative estimate of drug-likeness (QED) is 0.121. The van der Waals surface area contributed by atoms with Gasteiger partial charge in [-0.25, -0.2) is 13.8 Å². The molecule has 6 rings (SSSR count). The van der Waals surface area contributed by atoms with Crippen molar-refractivity contribution in [1.29, 1.82) is 0 Å². The molecule has 15 heteroatoms. The van der Waals surface area contributed by atoms with Gasteiger partial charge < -0.3 is 35.1 Å². The van der Waals surface area contributed by atoms with Crippen LogP contribution < -0.4 is 15.6 Å². The molecule has 0 saturated carbocycles. The van der Waals surface area contributed by atoms with Crippen LogP contribution >= 0.6 is 11.6 Å². The predicted molar refractivity (Wildman–Crippen MR) is 165 cm³/mol. The van der Waals surface area contributed by atoms with E-state index >= 15 is 0 Å². The molecule has 2 aromatic heterocycles. The zero-order valence-corrected chi connectivity index (χ0v) is 25.2. The molecule has 2 amide bonds. The van der Waals surface area contributed by atoms with Crippen LogP contribution in [0.4, 0.5) is 14.5 Å². The number of amides is 2. The maximum atomic E-state index is 14.1. The average molecular weight is 657 g/mol. The third kappa shape index (κ3) is 6.08. The lowest BCUT2D eigenvalue weighted by Crippen LogP contribution is -2.47. The highest BCUT2D eigenvalue weighted by molar-refractivity contribution is 6.30. The number of fused-ring (bicyclic) bond motifs is 2. The molecule has 46 heavy (non-hydrogen) atoms. The van der Waals surface area contributed by atoms with Crippen LogP contribution in [0.3, 0.4) is 0 Å². The van der Waals surface area contributed by atoms with E-state index in [4.69, 9.17) is 21.4 Å². The Kier molecular flexibility index (Phi) is 9.04. The van der Waals surface area contributed by atoms with E-state index in [1.807, 2.05) is 0 Å². The summed E-state index contributed by atoms with van der Waals surface area (Å²) in [5.74, 6) is -3.36. The number of aromatic amines is 2. The number of H-pyrrole nitrogens is 2. The van der Waals surface area contributed by atoms with Crippen molar-refractivity contribution < 1.29 is 33.3 Å². The number of imidazole rings is 1. The SMILES string of the molecule is O=C1c2cc3nc(-c4c(NC[C@@H](O)COc5c(F)ccc(Cl)c5F)cc[nH]c4=O)[nH]c3cc2C(=O)N1C1CCN(CCCO)CC1. The number of anilines is 1. The maximum Gasteiger partial charge on any atom is 0.261 e. The highest BCUT2D eigenvalue weighted by atomic mass is 35.5. The van der Waals surface area contributed by atoms with E-state index in [0.717, 1.165) is 31.8 Å². The molecule has 0 bridgehead atoms. The molecule has 2 aliphatic rings. The number of benzene rings is 2. The number of aromatic nitrogens is 3. The highest BCUT2D eigenvalue weighted by Crippen LogP contribution is 2.33. The molecule has 242 valence electrons. The Hall–Kier alpha value is -4.37. The number of nitrogens with one attached hydrogen (secondary N) is 3. The number of piperidine rings is 1. The second kappa shape index (κ2) is 13.2. The van der Waals surface area contributed by atoms with Crippen LogP contribution in [-0.2, 0) is 0 Å². The molecule has 2 aromatic carbocycles. The van der Waals surface area contributed by atoms with Gasteiger partial charge in [0.1, 0.15) is 24.1 Å². The van der Waals surface area contributed by atoms with E-state index in [2.05, 4.69) is 25.2 Å². The fourth-order valence-corrected chi connectivity index (χ4v) is 6.02. The number of imide groups is 1. The van der Waals surface area contributed by atoms with Gasteiger partial charge in [-0.15, -0.1) is 0 Å². The maximum absolute atomic E-state index is 14.1. The lowest BCUT2D eigenvalue weighted by Gasteiger charge is -2.35. The number of carbonyl (C=O) groups excluding carboxylic acids is 2. The number of aliphatic hydroxyl groups is 2. The van der Waals surface area contributed by atoms with Crippen LogP contribution in [0.2, 0.25) is 5.02 Å². The van der Waals surface area contributed by atoms with Crippen molar-refractivity contribution in [3.63, 3.8) is 0 Å². The number of aliphatic hydroxyl groups excluding tert-OH is 2. The highest BCUT2D eigenvalue weighted by Gasteiger charge is 2.41. The molecule has 4 heterocycles. The summed E-state index contributed by atoms with van der Waals surface area (Å²) >= 11 is 5.68. The van der Waals surface area contributed by atoms with Crippen molar-refractivity contribution in [2.45, 2.75) is 31.4 Å². The molecule has 0 unspecified atom stereocenters. The van der Waals surface area contributed by atoms with E-state index in [-0.39, 0.29) is 64.2 Å². The Labute approximate surface area is 265 Å². The predicted octanol–water partition coefficient (Wildman–Crippen LogP) is 3.14. The van der Waals surface area contributed by atoms with Crippen LogP contribution in [0.1, 0.15) is 40.0 Å². The van der Waals surface area contributed by atoms with Crippen molar-refractivity contribution in [3.05, 3.63) is 74.7 Å². The number of halogens is 3. The van der Waals surface area contributed by atoms with Gasteiger partial charge in [-0.3, -0.25) is 19.3 Å². The second-order valence-electron chi connectivity index (χ2n) is 11.2. The minimum absolute atomic E-state index is 0.103. The first-order valence-electron chi connectivity index (χ1n) is 14.8. The van der Waals surface area contributed by atoms with Gasteiger partial charge >= 0.3 is 0 Å². The van der Waals surface area contributed by atoms with Crippen LogP contribution in [0.5, 0.6) is 5.75 Å². The van der Waals surface area contributed by atoms with Crippen LogP contribution in [0.15, 0.2) is 41.3 Å². The summed E-state index contributed by atoms with van der Waals surface area (Å²) in [5.41, 5.74) is 1.21. The number of rotatable bonds is 11. The monoisotopic (exact) mass is 656 g/mol. The average Bonchev–Trinajstić information content (AvgIpc) is 3.57. The van der Waals surface area contributed by atoms with Crippen LogP contribution in [-0.4, -0.2) is 98.3 Å². The molecular weight excluding hydrogens is 626 g/mol. The standard InChI is InChI=1S/C31H31ClF2N6O6/c32-20-2-3-21(33)27(26(20)34)46-15-17(42)14-36-22-4-7-35-29(43)25(22)28-37-23-12-18-19(13-24(23)38-28)31(45)40(30(18)44)16-5-9-39(10-6-16)8-1-11-41/h2-4,7,12-13,16-17,41-42H,1,5-6,8-11,14-15H2,(H,37,38)(H2,35,36,43)/t17-/m1/s1. The van der Waals surface area contributed by atoms with E-state index in [1.54, 1.807) is 18.2 Å². The zero-order chi connectivity index (χ0) is 32.5. The van der Waals surface area contributed by atoms with Gasteiger partial charge in [0.05, 0.1) is 32.9 Å². The first-order valence-corrected chi connectivity index (χ1v) is 15.2. The first-order chi connectivity index (χ1) is 22.2. The Balaban J connectivity index is 1.17. The summed E-state index contributed by atoms with van der Waals surface area (Å²) in [6.07, 6.45) is 2.14. The Morgan fingerprint density at radius 1 is 1.11 bits per heavy atom. The van der Waals surface area contributed by atoms with E-state index in [1.165, 1.54) is 11.1 Å². The van der Waals surface area contributed by atoms with Crippen molar-refractivity contribution in [2.75, 3.05) is 44.7 Å².